The number of carbonyl (C=O) groups excluding carboxylic acids is 1. The SMILES string of the molecule is CN(CC12CC3CC(CC(C3)C1)C2)C(=O)C1CSCCS1. The van der Waals surface area contributed by atoms with E-state index in [1.165, 1.54) is 44.3 Å². The molecule has 1 unspecified atom stereocenters. The van der Waals surface area contributed by atoms with E-state index in [0.717, 1.165) is 35.8 Å². The highest BCUT2D eigenvalue weighted by molar-refractivity contribution is 8.07. The second kappa shape index (κ2) is 5.67. The van der Waals surface area contributed by atoms with Gasteiger partial charge in [-0.2, -0.15) is 11.8 Å². The third-order valence-electron chi connectivity index (χ3n) is 6.21. The van der Waals surface area contributed by atoms with E-state index in [4.69, 9.17) is 0 Å². The molecule has 5 fully saturated rings. The van der Waals surface area contributed by atoms with Gasteiger partial charge in [-0.15, -0.1) is 11.8 Å². The van der Waals surface area contributed by atoms with E-state index in [1.54, 1.807) is 0 Å². The zero-order valence-electron chi connectivity index (χ0n) is 13.1. The minimum atomic E-state index is 0.225. The molecule has 0 aromatic heterocycles. The second-order valence-corrected chi connectivity index (χ2v) is 10.5. The second-order valence-electron chi connectivity index (χ2n) is 8.05. The molecule has 118 valence electrons. The maximum absolute atomic E-state index is 12.7. The summed E-state index contributed by atoms with van der Waals surface area (Å²) in [5.41, 5.74) is 0.492. The molecule has 0 radical (unpaired) electrons. The summed E-state index contributed by atoms with van der Waals surface area (Å²) < 4.78 is 0. The van der Waals surface area contributed by atoms with E-state index in [1.807, 2.05) is 23.5 Å². The standard InChI is InChI=1S/C17H27NOS2/c1-18(16(19)15-10-20-2-3-21-15)11-17-7-12-4-13(8-17)6-14(5-12)9-17/h12-15H,2-11H2,1H3. The number of hydrogen-bond acceptors (Lipinski definition) is 3. The topological polar surface area (TPSA) is 20.3 Å². The molecule has 0 aromatic rings. The van der Waals surface area contributed by atoms with Gasteiger partial charge in [-0.05, 0) is 61.7 Å². The van der Waals surface area contributed by atoms with Crippen molar-refractivity contribution in [2.45, 2.75) is 43.8 Å². The van der Waals surface area contributed by atoms with E-state index >= 15 is 0 Å². The monoisotopic (exact) mass is 325 g/mol. The molecule has 0 spiro atoms. The Labute approximate surface area is 137 Å². The Hall–Kier alpha value is 0.170. The lowest BCUT2D eigenvalue weighted by Gasteiger charge is -2.57. The van der Waals surface area contributed by atoms with Crippen LogP contribution < -0.4 is 0 Å². The molecule has 1 saturated heterocycles. The van der Waals surface area contributed by atoms with Gasteiger partial charge in [0.15, 0.2) is 0 Å². The van der Waals surface area contributed by atoms with Crippen molar-refractivity contribution in [2.24, 2.45) is 23.2 Å². The first-order valence-corrected chi connectivity index (χ1v) is 10.8. The van der Waals surface area contributed by atoms with E-state index in [-0.39, 0.29) is 5.25 Å². The average Bonchev–Trinajstić information content (AvgIpc) is 2.45. The molecule has 5 rings (SSSR count). The number of thioether (sulfide) groups is 2. The molecule has 0 N–H and O–H groups in total. The summed E-state index contributed by atoms with van der Waals surface area (Å²) in [6, 6.07) is 0. The fraction of sp³-hybridized carbons (Fsp3) is 0.941. The fourth-order valence-electron chi connectivity index (χ4n) is 5.94. The number of carbonyl (C=O) groups is 1. The summed E-state index contributed by atoms with van der Waals surface area (Å²) in [6.45, 7) is 1.04. The minimum Gasteiger partial charge on any atom is -0.344 e. The van der Waals surface area contributed by atoms with E-state index in [0.29, 0.717) is 11.3 Å². The maximum Gasteiger partial charge on any atom is 0.236 e. The summed E-state index contributed by atoms with van der Waals surface area (Å²) in [5.74, 6) is 6.75. The summed E-state index contributed by atoms with van der Waals surface area (Å²) in [4.78, 5) is 14.8. The van der Waals surface area contributed by atoms with Crippen molar-refractivity contribution in [3.8, 4) is 0 Å². The Morgan fingerprint density at radius 2 is 1.71 bits per heavy atom. The zero-order valence-corrected chi connectivity index (χ0v) is 14.7. The van der Waals surface area contributed by atoms with Crippen molar-refractivity contribution in [3.63, 3.8) is 0 Å². The summed E-state index contributed by atoms with van der Waals surface area (Å²) in [6.07, 6.45) is 8.69. The Kier molecular flexibility index (Phi) is 3.98. The lowest BCUT2D eigenvalue weighted by molar-refractivity contribution is -0.134. The van der Waals surface area contributed by atoms with Crippen molar-refractivity contribution < 1.29 is 4.79 Å². The van der Waals surface area contributed by atoms with Crippen LogP contribution in [0, 0.1) is 23.2 Å². The number of hydrogen-bond donors (Lipinski definition) is 0. The number of nitrogens with zero attached hydrogens (tertiary/aromatic N) is 1. The highest BCUT2D eigenvalue weighted by Crippen LogP contribution is 2.60. The number of rotatable bonds is 3. The molecule has 0 aromatic carbocycles. The van der Waals surface area contributed by atoms with Gasteiger partial charge in [0.2, 0.25) is 5.91 Å². The largest absolute Gasteiger partial charge is 0.344 e. The van der Waals surface area contributed by atoms with E-state index in [9.17, 15) is 4.79 Å². The quantitative estimate of drug-likeness (QED) is 0.792. The fourth-order valence-corrected chi connectivity index (χ4v) is 8.60. The minimum absolute atomic E-state index is 0.225. The Morgan fingerprint density at radius 3 is 2.24 bits per heavy atom. The highest BCUT2D eigenvalue weighted by Gasteiger charge is 2.51. The van der Waals surface area contributed by atoms with Crippen LogP contribution in [0.25, 0.3) is 0 Å². The van der Waals surface area contributed by atoms with Crippen LogP contribution in [0.5, 0.6) is 0 Å². The van der Waals surface area contributed by atoms with Crippen molar-refractivity contribution in [2.75, 3.05) is 30.9 Å². The van der Waals surface area contributed by atoms with Crippen molar-refractivity contribution >= 4 is 29.4 Å². The molecular formula is C17H27NOS2. The lowest BCUT2D eigenvalue weighted by Crippen LogP contribution is -2.52. The lowest BCUT2D eigenvalue weighted by atomic mass is 9.49. The summed E-state index contributed by atoms with van der Waals surface area (Å²) in [5, 5.41) is 0.225. The van der Waals surface area contributed by atoms with Crippen molar-refractivity contribution in [1.29, 1.82) is 0 Å². The van der Waals surface area contributed by atoms with Gasteiger partial charge < -0.3 is 4.90 Å². The first kappa shape index (κ1) is 14.7. The van der Waals surface area contributed by atoms with Crippen LogP contribution in [0.1, 0.15) is 38.5 Å². The van der Waals surface area contributed by atoms with Crippen LogP contribution in [0.2, 0.25) is 0 Å². The molecule has 1 heterocycles. The molecule has 4 heteroatoms. The smallest absolute Gasteiger partial charge is 0.236 e. The Balaban J connectivity index is 1.41. The van der Waals surface area contributed by atoms with Crippen molar-refractivity contribution in [3.05, 3.63) is 0 Å². The van der Waals surface area contributed by atoms with Crippen LogP contribution in [0.15, 0.2) is 0 Å². The van der Waals surface area contributed by atoms with Crippen LogP contribution in [0.3, 0.4) is 0 Å². The van der Waals surface area contributed by atoms with Crippen LogP contribution in [0.4, 0.5) is 0 Å². The summed E-state index contributed by atoms with van der Waals surface area (Å²) in [7, 11) is 2.07. The molecule has 1 atom stereocenters. The predicted octanol–water partition coefficient (Wildman–Crippen LogP) is 3.51. The predicted molar refractivity (Wildman–Crippen MR) is 91.8 cm³/mol. The average molecular weight is 326 g/mol. The highest BCUT2D eigenvalue weighted by atomic mass is 32.2. The molecule has 5 aliphatic rings. The third-order valence-corrected chi connectivity index (χ3v) is 8.95. The molecule has 4 saturated carbocycles. The molecule has 4 bridgehead atoms. The van der Waals surface area contributed by atoms with Gasteiger partial charge >= 0.3 is 0 Å². The van der Waals surface area contributed by atoms with Gasteiger partial charge in [0.1, 0.15) is 0 Å². The molecule has 1 amide bonds. The molecule has 4 aliphatic carbocycles. The van der Waals surface area contributed by atoms with Gasteiger partial charge in [0, 0.05) is 30.9 Å². The number of amides is 1. The molecular weight excluding hydrogens is 298 g/mol. The van der Waals surface area contributed by atoms with E-state index < -0.39 is 0 Å². The Morgan fingerprint density at radius 1 is 1.10 bits per heavy atom. The van der Waals surface area contributed by atoms with E-state index in [2.05, 4.69) is 11.9 Å². The third kappa shape index (κ3) is 2.87. The van der Waals surface area contributed by atoms with Crippen molar-refractivity contribution in [1.82, 2.24) is 4.90 Å². The molecule has 2 nitrogen and oxygen atoms in total. The first-order chi connectivity index (χ1) is 10.1. The van der Waals surface area contributed by atoms with Gasteiger partial charge in [-0.25, -0.2) is 0 Å². The zero-order chi connectivity index (χ0) is 14.4. The van der Waals surface area contributed by atoms with Crippen LogP contribution >= 0.6 is 23.5 Å². The normalized spacial score (nSPS) is 44.8. The van der Waals surface area contributed by atoms with Gasteiger partial charge in [0.25, 0.3) is 0 Å². The van der Waals surface area contributed by atoms with Gasteiger partial charge in [-0.1, -0.05) is 0 Å². The van der Waals surface area contributed by atoms with Crippen LogP contribution in [-0.4, -0.2) is 46.9 Å². The molecule has 1 aliphatic heterocycles. The van der Waals surface area contributed by atoms with Crippen LogP contribution in [-0.2, 0) is 4.79 Å². The summed E-state index contributed by atoms with van der Waals surface area (Å²) >= 11 is 3.83. The van der Waals surface area contributed by atoms with Gasteiger partial charge in [0.05, 0.1) is 5.25 Å². The Bertz CT molecular complexity index is 384. The molecule has 21 heavy (non-hydrogen) atoms. The van der Waals surface area contributed by atoms with Gasteiger partial charge in [-0.3, -0.25) is 4.79 Å². The first-order valence-electron chi connectivity index (χ1n) is 8.58. The maximum atomic E-state index is 12.7.